The molecule has 0 amide bonds. The van der Waals surface area contributed by atoms with E-state index in [9.17, 15) is 10.2 Å². The van der Waals surface area contributed by atoms with Gasteiger partial charge < -0.3 is 10.2 Å². The van der Waals surface area contributed by atoms with E-state index < -0.39 is 0 Å². The molecule has 0 aliphatic carbocycles. The molecule has 0 fully saturated rings. The van der Waals surface area contributed by atoms with E-state index in [1.165, 1.54) is 45.1 Å². The highest BCUT2D eigenvalue weighted by Crippen LogP contribution is 2.40. The van der Waals surface area contributed by atoms with Gasteiger partial charge in [0.2, 0.25) is 0 Å². The third-order valence-corrected chi connectivity index (χ3v) is 7.15. The summed E-state index contributed by atoms with van der Waals surface area (Å²) in [6.45, 7) is 8.48. The molecule has 0 aliphatic heterocycles. The van der Waals surface area contributed by atoms with Crippen molar-refractivity contribution in [3.05, 3.63) is 117 Å². The normalized spacial score (nSPS) is 11.0. The van der Waals surface area contributed by atoms with Gasteiger partial charge in [-0.1, -0.05) is 71.4 Å². The number of hydrogen-bond donors (Lipinski definition) is 2. The molecular formula is C30H30O2S. The fourth-order valence-corrected chi connectivity index (χ4v) is 5.15. The van der Waals surface area contributed by atoms with Crippen molar-refractivity contribution in [2.24, 2.45) is 0 Å². The minimum atomic E-state index is 0.226. The van der Waals surface area contributed by atoms with Gasteiger partial charge in [0.1, 0.15) is 11.5 Å². The van der Waals surface area contributed by atoms with Gasteiger partial charge in [-0.3, -0.25) is 0 Å². The van der Waals surface area contributed by atoms with Crippen molar-refractivity contribution in [3.8, 4) is 11.5 Å². The molecule has 0 atom stereocenters. The lowest BCUT2D eigenvalue weighted by atomic mass is 9.99. The zero-order chi connectivity index (χ0) is 23.5. The minimum absolute atomic E-state index is 0.226. The van der Waals surface area contributed by atoms with E-state index in [1.54, 1.807) is 12.1 Å². The highest BCUT2D eigenvalue weighted by molar-refractivity contribution is 7.99. The van der Waals surface area contributed by atoms with E-state index in [1.807, 2.05) is 24.3 Å². The first kappa shape index (κ1) is 23.0. The van der Waals surface area contributed by atoms with E-state index in [0.29, 0.717) is 0 Å². The largest absolute Gasteiger partial charge is 0.507 e. The SMILES string of the molecule is Cc1ccc(Cc2ccc(O)c(Sc3cc(Cc4ccc(C)cc4C)ccc3O)c2)c(C)c1. The molecule has 0 spiro atoms. The van der Waals surface area contributed by atoms with Crippen LogP contribution in [0.2, 0.25) is 0 Å². The van der Waals surface area contributed by atoms with Gasteiger partial charge >= 0.3 is 0 Å². The van der Waals surface area contributed by atoms with Crippen LogP contribution in [-0.4, -0.2) is 10.2 Å². The highest BCUT2D eigenvalue weighted by atomic mass is 32.2. The molecule has 0 radical (unpaired) electrons. The summed E-state index contributed by atoms with van der Waals surface area (Å²) >= 11 is 1.40. The smallest absolute Gasteiger partial charge is 0.129 e. The number of hydrogen-bond acceptors (Lipinski definition) is 3. The van der Waals surface area contributed by atoms with Crippen LogP contribution < -0.4 is 0 Å². The Hall–Kier alpha value is -3.17. The van der Waals surface area contributed by atoms with Gasteiger partial charge in [-0.15, -0.1) is 0 Å². The van der Waals surface area contributed by atoms with Crippen LogP contribution in [0.25, 0.3) is 0 Å². The van der Waals surface area contributed by atoms with Crippen LogP contribution in [0.1, 0.15) is 44.5 Å². The van der Waals surface area contributed by atoms with Crippen molar-refractivity contribution in [2.45, 2.75) is 50.3 Å². The summed E-state index contributed by atoms with van der Waals surface area (Å²) in [4.78, 5) is 1.49. The lowest BCUT2D eigenvalue weighted by Gasteiger charge is -2.12. The Labute approximate surface area is 201 Å². The second kappa shape index (κ2) is 9.76. The van der Waals surface area contributed by atoms with Gasteiger partial charge in [0.25, 0.3) is 0 Å². The van der Waals surface area contributed by atoms with Gasteiger partial charge in [-0.05, 0) is 98.2 Å². The molecule has 0 bridgehead atoms. The third kappa shape index (κ3) is 5.61. The molecule has 4 aromatic rings. The van der Waals surface area contributed by atoms with Crippen molar-refractivity contribution in [1.29, 1.82) is 0 Å². The summed E-state index contributed by atoms with van der Waals surface area (Å²) in [6.07, 6.45) is 1.61. The lowest BCUT2D eigenvalue weighted by Crippen LogP contribution is -1.94. The van der Waals surface area contributed by atoms with Crippen molar-refractivity contribution in [1.82, 2.24) is 0 Å². The summed E-state index contributed by atoms with van der Waals surface area (Å²) < 4.78 is 0. The first-order valence-corrected chi connectivity index (χ1v) is 12.0. The van der Waals surface area contributed by atoms with E-state index in [4.69, 9.17) is 0 Å². The molecule has 168 valence electrons. The molecule has 2 N–H and O–H groups in total. The monoisotopic (exact) mass is 454 g/mol. The first-order chi connectivity index (χ1) is 15.8. The Bertz CT molecular complexity index is 1210. The molecule has 0 saturated carbocycles. The van der Waals surface area contributed by atoms with Crippen LogP contribution in [-0.2, 0) is 12.8 Å². The van der Waals surface area contributed by atoms with Gasteiger partial charge in [0.05, 0.1) is 9.79 Å². The Morgan fingerprint density at radius 1 is 0.545 bits per heavy atom. The zero-order valence-electron chi connectivity index (χ0n) is 19.6. The molecule has 4 rings (SSSR count). The molecule has 0 aliphatic rings. The molecule has 3 heteroatoms. The average molecular weight is 455 g/mol. The maximum atomic E-state index is 10.5. The van der Waals surface area contributed by atoms with E-state index in [0.717, 1.165) is 33.8 Å². The van der Waals surface area contributed by atoms with Gasteiger partial charge in [0, 0.05) is 0 Å². The van der Waals surface area contributed by atoms with Crippen molar-refractivity contribution in [3.63, 3.8) is 0 Å². The van der Waals surface area contributed by atoms with Gasteiger partial charge in [0.15, 0.2) is 0 Å². The van der Waals surface area contributed by atoms with E-state index >= 15 is 0 Å². The van der Waals surface area contributed by atoms with Gasteiger partial charge in [-0.2, -0.15) is 0 Å². The summed E-state index contributed by atoms with van der Waals surface area (Å²) in [5.74, 6) is 0.451. The Morgan fingerprint density at radius 2 is 0.970 bits per heavy atom. The summed E-state index contributed by atoms with van der Waals surface area (Å²) in [7, 11) is 0. The zero-order valence-corrected chi connectivity index (χ0v) is 20.5. The lowest BCUT2D eigenvalue weighted by molar-refractivity contribution is 0.459. The van der Waals surface area contributed by atoms with Crippen molar-refractivity contribution < 1.29 is 10.2 Å². The molecule has 2 nitrogen and oxygen atoms in total. The molecule has 0 saturated heterocycles. The predicted octanol–water partition coefficient (Wildman–Crippen LogP) is 7.66. The fourth-order valence-electron chi connectivity index (χ4n) is 4.15. The Morgan fingerprint density at radius 3 is 1.36 bits per heavy atom. The average Bonchev–Trinajstić information content (AvgIpc) is 2.76. The van der Waals surface area contributed by atoms with Crippen molar-refractivity contribution >= 4 is 11.8 Å². The number of aryl methyl sites for hydroxylation is 4. The molecule has 4 aromatic carbocycles. The molecule has 33 heavy (non-hydrogen) atoms. The third-order valence-electron chi connectivity index (χ3n) is 6.05. The Kier molecular flexibility index (Phi) is 6.80. The second-order valence-electron chi connectivity index (χ2n) is 8.92. The fraction of sp³-hybridized carbons (Fsp3) is 0.200. The number of aromatic hydroxyl groups is 2. The summed E-state index contributed by atoms with van der Waals surface area (Å²) in [6, 6.07) is 24.5. The van der Waals surface area contributed by atoms with Crippen LogP contribution in [0.15, 0.2) is 82.6 Å². The van der Waals surface area contributed by atoms with Crippen molar-refractivity contribution in [2.75, 3.05) is 0 Å². The number of phenols is 2. The quantitative estimate of drug-likeness (QED) is 0.314. The van der Waals surface area contributed by atoms with Crippen LogP contribution in [0, 0.1) is 27.7 Å². The molecule has 0 unspecified atom stereocenters. The topological polar surface area (TPSA) is 40.5 Å². The first-order valence-electron chi connectivity index (χ1n) is 11.2. The maximum absolute atomic E-state index is 10.5. The van der Waals surface area contributed by atoms with Crippen LogP contribution in [0.4, 0.5) is 0 Å². The predicted molar refractivity (Wildman–Crippen MR) is 138 cm³/mol. The van der Waals surface area contributed by atoms with E-state index in [-0.39, 0.29) is 11.5 Å². The van der Waals surface area contributed by atoms with Gasteiger partial charge in [-0.25, -0.2) is 0 Å². The number of rotatable bonds is 6. The standard InChI is InChI=1S/C30H30O2S/c1-19-5-9-25(21(3)13-19)15-23-7-11-27(31)29(17-23)33-30-18-24(8-12-28(30)32)16-26-10-6-20(2)14-22(26)4/h5-14,17-18,31-32H,15-16H2,1-4H3. The number of phenolic OH excluding ortho intramolecular Hbond substituents is 2. The van der Waals surface area contributed by atoms with Crippen LogP contribution in [0.3, 0.4) is 0 Å². The summed E-state index contributed by atoms with van der Waals surface area (Å²) in [5.41, 5.74) is 9.88. The van der Waals surface area contributed by atoms with Crippen LogP contribution in [0.5, 0.6) is 11.5 Å². The second-order valence-corrected chi connectivity index (χ2v) is 10.0. The molecule has 0 heterocycles. The molecular weight excluding hydrogens is 424 g/mol. The molecule has 0 aromatic heterocycles. The van der Waals surface area contributed by atoms with E-state index in [2.05, 4.69) is 64.1 Å². The summed E-state index contributed by atoms with van der Waals surface area (Å²) in [5, 5.41) is 21.0. The maximum Gasteiger partial charge on any atom is 0.129 e. The van der Waals surface area contributed by atoms with Crippen LogP contribution >= 0.6 is 11.8 Å². The minimum Gasteiger partial charge on any atom is -0.507 e. The Balaban J connectivity index is 1.58. The number of benzene rings is 4. The highest BCUT2D eigenvalue weighted by Gasteiger charge is 2.12.